The minimum atomic E-state index is -0.564. The van der Waals surface area contributed by atoms with Gasteiger partial charge in [0.05, 0.1) is 35.8 Å². The molecular formula is C24H18ClFN2O3. The van der Waals surface area contributed by atoms with Crippen LogP contribution in [0.25, 0.3) is 28.7 Å². The number of ether oxygens (including phenoxy) is 2. The Morgan fingerprint density at radius 2 is 1.81 bits per heavy atom. The summed E-state index contributed by atoms with van der Waals surface area (Å²) in [6, 6.07) is 16.6. The summed E-state index contributed by atoms with van der Waals surface area (Å²) in [7, 11) is 3.12. The Hall–Kier alpha value is -3.64. The van der Waals surface area contributed by atoms with Crippen LogP contribution in [0, 0.1) is 5.82 Å². The second-order valence-electron chi connectivity index (χ2n) is 6.64. The minimum absolute atomic E-state index is 0.0815. The molecule has 0 spiro atoms. The molecule has 3 aromatic carbocycles. The Kier molecular flexibility index (Phi) is 5.73. The molecule has 0 atom stereocenters. The van der Waals surface area contributed by atoms with Gasteiger partial charge in [-0.15, -0.1) is 0 Å². The highest BCUT2D eigenvalue weighted by atomic mass is 35.5. The van der Waals surface area contributed by atoms with Gasteiger partial charge in [0.15, 0.2) is 11.5 Å². The summed E-state index contributed by atoms with van der Waals surface area (Å²) in [5, 5.41) is 0.362. The van der Waals surface area contributed by atoms with Crippen LogP contribution in [-0.4, -0.2) is 23.8 Å². The van der Waals surface area contributed by atoms with Gasteiger partial charge >= 0.3 is 0 Å². The molecule has 0 N–H and O–H groups in total. The zero-order valence-electron chi connectivity index (χ0n) is 16.8. The Morgan fingerprint density at radius 1 is 1.00 bits per heavy atom. The van der Waals surface area contributed by atoms with Crippen molar-refractivity contribution in [2.75, 3.05) is 14.2 Å². The van der Waals surface area contributed by atoms with E-state index in [0.29, 0.717) is 33.9 Å². The predicted molar refractivity (Wildman–Crippen MR) is 121 cm³/mol. The summed E-state index contributed by atoms with van der Waals surface area (Å²) in [6.07, 6.45) is 3.47. The van der Waals surface area contributed by atoms with E-state index in [-0.39, 0.29) is 10.6 Å². The summed E-state index contributed by atoms with van der Waals surface area (Å²) < 4.78 is 25.9. The smallest absolute Gasteiger partial charge is 0.266 e. The van der Waals surface area contributed by atoms with Crippen LogP contribution in [-0.2, 0) is 0 Å². The van der Waals surface area contributed by atoms with Gasteiger partial charge < -0.3 is 9.47 Å². The summed E-state index contributed by atoms with van der Waals surface area (Å²) in [4.78, 5) is 17.9. The molecule has 0 saturated heterocycles. The van der Waals surface area contributed by atoms with Crippen LogP contribution in [0.4, 0.5) is 4.39 Å². The molecule has 0 aliphatic carbocycles. The minimum Gasteiger partial charge on any atom is -0.493 e. The second-order valence-corrected chi connectivity index (χ2v) is 7.05. The third kappa shape index (κ3) is 3.90. The molecule has 0 aliphatic heterocycles. The van der Waals surface area contributed by atoms with E-state index in [9.17, 15) is 9.18 Å². The molecule has 31 heavy (non-hydrogen) atoms. The van der Waals surface area contributed by atoms with Crippen molar-refractivity contribution in [2.24, 2.45) is 0 Å². The summed E-state index contributed by atoms with van der Waals surface area (Å²) in [5.74, 6) is 0.932. The van der Waals surface area contributed by atoms with E-state index >= 15 is 0 Å². The van der Waals surface area contributed by atoms with Gasteiger partial charge in [-0.3, -0.25) is 9.36 Å². The molecule has 0 radical (unpaired) electrons. The first kappa shape index (κ1) is 20.6. The first-order valence-electron chi connectivity index (χ1n) is 9.39. The second kappa shape index (κ2) is 8.62. The molecular weight excluding hydrogens is 419 g/mol. The Morgan fingerprint density at radius 3 is 2.55 bits per heavy atom. The molecule has 7 heteroatoms. The quantitative estimate of drug-likeness (QED) is 0.422. The van der Waals surface area contributed by atoms with E-state index in [1.807, 2.05) is 18.2 Å². The van der Waals surface area contributed by atoms with Crippen LogP contribution in [0.3, 0.4) is 0 Å². The highest BCUT2D eigenvalue weighted by Crippen LogP contribution is 2.32. The van der Waals surface area contributed by atoms with E-state index in [2.05, 4.69) is 4.98 Å². The normalized spacial score (nSPS) is 11.2. The first-order chi connectivity index (χ1) is 15.0. The molecule has 156 valence electrons. The Labute approximate surface area is 183 Å². The monoisotopic (exact) mass is 436 g/mol. The fourth-order valence-electron chi connectivity index (χ4n) is 3.34. The standard InChI is InChI=1S/C24H18ClFN2O3/c1-30-21-9-5-6-15(23(21)31-2)10-13-22-27-20-8-4-3-7-17(20)24(29)28(22)16-11-12-19(26)18(25)14-16/h3-14H,1-2H3/b13-10+. The molecule has 0 fully saturated rings. The van der Waals surface area contributed by atoms with Crippen LogP contribution in [0.2, 0.25) is 5.02 Å². The first-order valence-corrected chi connectivity index (χ1v) is 9.77. The topological polar surface area (TPSA) is 53.3 Å². The van der Waals surface area contributed by atoms with E-state index < -0.39 is 5.82 Å². The largest absolute Gasteiger partial charge is 0.493 e. The summed E-state index contributed by atoms with van der Waals surface area (Å²) in [5.41, 5.74) is 1.42. The fourth-order valence-corrected chi connectivity index (χ4v) is 3.52. The lowest BCUT2D eigenvalue weighted by Gasteiger charge is -2.13. The SMILES string of the molecule is COc1cccc(/C=C/c2nc3ccccc3c(=O)n2-c2ccc(F)c(Cl)c2)c1OC. The molecule has 1 heterocycles. The van der Waals surface area contributed by atoms with Crippen molar-refractivity contribution in [3.63, 3.8) is 0 Å². The van der Waals surface area contributed by atoms with Crippen LogP contribution in [0.5, 0.6) is 11.5 Å². The van der Waals surface area contributed by atoms with E-state index in [4.69, 9.17) is 21.1 Å². The third-order valence-corrected chi connectivity index (χ3v) is 5.10. The number of aromatic nitrogens is 2. The number of para-hydroxylation sites is 2. The van der Waals surface area contributed by atoms with Crippen LogP contribution >= 0.6 is 11.6 Å². The van der Waals surface area contributed by atoms with Crippen molar-refractivity contribution < 1.29 is 13.9 Å². The van der Waals surface area contributed by atoms with Crippen molar-refractivity contribution in [1.82, 2.24) is 9.55 Å². The maximum absolute atomic E-state index is 13.7. The van der Waals surface area contributed by atoms with Gasteiger partial charge in [-0.25, -0.2) is 9.37 Å². The van der Waals surface area contributed by atoms with Crippen molar-refractivity contribution in [1.29, 1.82) is 0 Å². The number of fused-ring (bicyclic) bond motifs is 1. The molecule has 0 amide bonds. The number of halogens is 2. The Balaban J connectivity index is 1.94. The van der Waals surface area contributed by atoms with Crippen LogP contribution < -0.4 is 15.0 Å². The number of nitrogens with zero attached hydrogens (tertiary/aromatic N) is 2. The lowest BCUT2D eigenvalue weighted by Crippen LogP contribution is -2.22. The van der Waals surface area contributed by atoms with E-state index in [1.54, 1.807) is 50.6 Å². The highest BCUT2D eigenvalue weighted by Gasteiger charge is 2.13. The molecule has 5 nitrogen and oxygen atoms in total. The van der Waals surface area contributed by atoms with Gasteiger partial charge in [-0.05, 0) is 48.6 Å². The van der Waals surface area contributed by atoms with Gasteiger partial charge in [0.1, 0.15) is 11.6 Å². The predicted octanol–water partition coefficient (Wildman–Crippen LogP) is 5.37. The average molecular weight is 437 g/mol. The molecule has 0 saturated carbocycles. The van der Waals surface area contributed by atoms with Gasteiger partial charge in [0, 0.05) is 5.56 Å². The van der Waals surface area contributed by atoms with E-state index in [1.165, 1.54) is 22.8 Å². The highest BCUT2D eigenvalue weighted by molar-refractivity contribution is 6.30. The zero-order chi connectivity index (χ0) is 22.0. The number of benzene rings is 3. The van der Waals surface area contributed by atoms with Gasteiger partial charge in [-0.1, -0.05) is 35.9 Å². The Bertz CT molecular complexity index is 1370. The van der Waals surface area contributed by atoms with Crippen LogP contribution in [0.1, 0.15) is 11.4 Å². The lowest BCUT2D eigenvalue weighted by molar-refractivity contribution is 0.354. The third-order valence-electron chi connectivity index (χ3n) is 4.81. The molecule has 0 unspecified atom stereocenters. The number of hydrogen-bond donors (Lipinski definition) is 0. The summed E-state index contributed by atoms with van der Waals surface area (Å²) >= 11 is 5.97. The molecule has 4 aromatic rings. The zero-order valence-corrected chi connectivity index (χ0v) is 17.6. The molecule has 0 aliphatic rings. The van der Waals surface area contributed by atoms with Gasteiger partial charge in [-0.2, -0.15) is 0 Å². The van der Waals surface area contributed by atoms with Gasteiger partial charge in [0.2, 0.25) is 0 Å². The summed E-state index contributed by atoms with van der Waals surface area (Å²) in [6.45, 7) is 0. The lowest BCUT2D eigenvalue weighted by atomic mass is 10.1. The maximum atomic E-state index is 13.7. The average Bonchev–Trinajstić information content (AvgIpc) is 2.79. The maximum Gasteiger partial charge on any atom is 0.266 e. The van der Waals surface area contributed by atoms with Crippen LogP contribution in [0.15, 0.2) is 65.5 Å². The van der Waals surface area contributed by atoms with Gasteiger partial charge in [0.25, 0.3) is 5.56 Å². The van der Waals surface area contributed by atoms with Crippen molar-refractivity contribution in [3.05, 3.63) is 93.2 Å². The van der Waals surface area contributed by atoms with Crippen molar-refractivity contribution in [3.8, 4) is 17.2 Å². The van der Waals surface area contributed by atoms with E-state index in [0.717, 1.165) is 5.56 Å². The number of rotatable bonds is 5. The molecule has 1 aromatic heterocycles. The molecule has 4 rings (SSSR count). The number of methoxy groups -OCH3 is 2. The van der Waals surface area contributed by atoms with Crippen molar-refractivity contribution in [2.45, 2.75) is 0 Å². The number of hydrogen-bond acceptors (Lipinski definition) is 4. The molecule has 0 bridgehead atoms. The fraction of sp³-hybridized carbons (Fsp3) is 0.0833. The van der Waals surface area contributed by atoms with Crippen molar-refractivity contribution >= 4 is 34.7 Å².